The van der Waals surface area contributed by atoms with Gasteiger partial charge < -0.3 is 9.84 Å². The maximum absolute atomic E-state index is 12.2. The summed E-state index contributed by atoms with van der Waals surface area (Å²) in [5, 5.41) is 13.2. The molecule has 1 N–H and O–H groups in total. The Labute approximate surface area is 120 Å². The molecule has 0 saturated carbocycles. The van der Waals surface area contributed by atoms with E-state index in [0.717, 1.165) is 11.1 Å². The first-order valence-electron chi connectivity index (χ1n) is 6.44. The van der Waals surface area contributed by atoms with E-state index < -0.39 is 5.92 Å². The fourth-order valence-electron chi connectivity index (χ4n) is 3.04. The minimum Gasteiger partial charge on any atom is -0.480 e. The molecular formula is C16H9N2O3. The van der Waals surface area contributed by atoms with Gasteiger partial charge in [-0.15, -0.1) is 0 Å². The Morgan fingerprint density at radius 3 is 2.86 bits per heavy atom. The fraction of sp³-hybridized carbons (Fsp3) is 0.0625. The van der Waals surface area contributed by atoms with Crippen molar-refractivity contribution in [2.75, 3.05) is 0 Å². The van der Waals surface area contributed by atoms with E-state index in [0.29, 0.717) is 16.7 Å². The summed E-state index contributed by atoms with van der Waals surface area (Å²) in [7, 11) is 0. The number of fused-ring (bicyclic) bond motifs is 2. The molecule has 3 aliphatic rings. The monoisotopic (exact) mass is 277 g/mol. The van der Waals surface area contributed by atoms with Crippen molar-refractivity contribution in [2.24, 2.45) is 11.0 Å². The lowest BCUT2D eigenvalue weighted by Gasteiger charge is -2.34. The van der Waals surface area contributed by atoms with Crippen molar-refractivity contribution in [1.82, 2.24) is 5.53 Å². The summed E-state index contributed by atoms with van der Waals surface area (Å²) in [6, 6.07) is 7.46. The molecule has 5 nitrogen and oxygen atoms in total. The molecule has 0 bridgehead atoms. The lowest BCUT2D eigenvalue weighted by molar-refractivity contribution is -0.111. The molecule has 5 heteroatoms. The summed E-state index contributed by atoms with van der Waals surface area (Å²) in [6.45, 7) is 0. The molecular weight excluding hydrogens is 268 g/mol. The lowest BCUT2D eigenvalue weighted by Crippen LogP contribution is -2.27. The van der Waals surface area contributed by atoms with Crippen LogP contribution in [-0.2, 0) is 9.53 Å². The van der Waals surface area contributed by atoms with Gasteiger partial charge in [-0.25, -0.2) is 0 Å². The number of aliphatic hydroxyl groups is 1. The molecule has 1 unspecified atom stereocenters. The molecule has 0 saturated heterocycles. The smallest absolute Gasteiger partial charge is 0.288 e. The Hall–Kier alpha value is -2.95. The van der Waals surface area contributed by atoms with E-state index in [4.69, 9.17) is 10.3 Å². The van der Waals surface area contributed by atoms with Crippen molar-refractivity contribution in [2.45, 2.75) is 0 Å². The van der Waals surface area contributed by atoms with Crippen LogP contribution in [0.2, 0.25) is 0 Å². The highest BCUT2D eigenvalue weighted by atomic mass is 16.6. The van der Waals surface area contributed by atoms with Crippen LogP contribution in [0.5, 0.6) is 0 Å². The summed E-state index contributed by atoms with van der Waals surface area (Å²) in [4.78, 5) is 12.2. The van der Waals surface area contributed by atoms with Crippen LogP contribution in [-0.4, -0.2) is 10.9 Å². The lowest BCUT2D eigenvalue weighted by atomic mass is 9.71. The Kier molecular flexibility index (Phi) is 2.27. The molecule has 4 rings (SSSR count). The van der Waals surface area contributed by atoms with Crippen LogP contribution >= 0.6 is 0 Å². The summed E-state index contributed by atoms with van der Waals surface area (Å²) >= 11 is 0. The SMILES string of the molecule is [N]=NC1=C2C=CC(=O)C3=Cc4ccccc4C(=C(O)O1)C32. The van der Waals surface area contributed by atoms with E-state index in [-0.39, 0.29) is 17.6 Å². The van der Waals surface area contributed by atoms with Gasteiger partial charge in [-0.05, 0) is 34.9 Å². The number of carbonyl (C=O) groups excluding carboxylic acids is 1. The zero-order valence-corrected chi connectivity index (χ0v) is 10.8. The largest absolute Gasteiger partial charge is 0.480 e. The van der Waals surface area contributed by atoms with Crippen molar-refractivity contribution in [3.8, 4) is 0 Å². The van der Waals surface area contributed by atoms with E-state index in [2.05, 4.69) is 5.11 Å². The number of ketones is 1. The normalized spacial score (nSPS) is 22.4. The molecule has 1 aromatic carbocycles. The highest BCUT2D eigenvalue weighted by Gasteiger charge is 2.41. The first kappa shape index (κ1) is 11.8. The second-order valence-corrected chi connectivity index (χ2v) is 5.00. The highest BCUT2D eigenvalue weighted by Crippen LogP contribution is 2.49. The molecule has 2 aliphatic carbocycles. The quantitative estimate of drug-likeness (QED) is 0.801. The molecule has 0 aromatic heterocycles. The number of ether oxygens (including phenoxy) is 1. The summed E-state index contributed by atoms with van der Waals surface area (Å²) in [5.74, 6) is -1.01. The number of benzene rings is 1. The van der Waals surface area contributed by atoms with Crippen LogP contribution in [0.15, 0.2) is 64.5 Å². The predicted molar refractivity (Wildman–Crippen MR) is 74.3 cm³/mol. The minimum absolute atomic E-state index is 0.0877. The van der Waals surface area contributed by atoms with Crippen LogP contribution in [0.3, 0.4) is 0 Å². The Bertz CT molecular complexity index is 828. The van der Waals surface area contributed by atoms with Crippen molar-refractivity contribution < 1.29 is 14.6 Å². The third-order valence-corrected chi connectivity index (χ3v) is 3.93. The number of rotatable bonds is 1. The fourth-order valence-corrected chi connectivity index (χ4v) is 3.04. The summed E-state index contributed by atoms with van der Waals surface area (Å²) < 4.78 is 5.19. The molecule has 1 heterocycles. The van der Waals surface area contributed by atoms with Gasteiger partial charge in [0, 0.05) is 11.1 Å². The number of carbonyl (C=O) groups is 1. The van der Waals surface area contributed by atoms with Crippen molar-refractivity contribution in [1.29, 1.82) is 0 Å². The molecule has 0 amide bonds. The van der Waals surface area contributed by atoms with Crippen LogP contribution in [0.4, 0.5) is 0 Å². The van der Waals surface area contributed by atoms with Crippen LogP contribution in [0, 0.1) is 5.92 Å². The Morgan fingerprint density at radius 2 is 2.05 bits per heavy atom. The average Bonchev–Trinajstić information content (AvgIpc) is 2.51. The zero-order valence-electron chi connectivity index (χ0n) is 10.8. The topological polar surface area (TPSA) is 81.2 Å². The minimum atomic E-state index is -0.461. The first-order chi connectivity index (χ1) is 10.2. The Balaban J connectivity index is 2.08. The standard InChI is InChI=1S/C16H9N2O3/c17-18-15-10-5-6-12(19)11-7-8-3-1-2-4-9(8)14(13(10)11)16(20)21-15/h1-7,13,20H. The van der Waals surface area contributed by atoms with E-state index >= 15 is 0 Å². The summed E-state index contributed by atoms with van der Waals surface area (Å²) in [6.07, 6.45) is 4.79. The third-order valence-electron chi connectivity index (χ3n) is 3.93. The van der Waals surface area contributed by atoms with E-state index in [1.54, 1.807) is 6.08 Å². The number of hydrogen-bond acceptors (Lipinski definition) is 4. The van der Waals surface area contributed by atoms with Gasteiger partial charge in [0.05, 0.1) is 11.5 Å². The number of hydrogen-bond donors (Lipinski definition) is 1. The van der Waals surface area contributed by atoms with Gasteiger partial charge in [0.25, 0.3) is 5.95 Å². The van der Waals surface area contributed by atoms with E-state index in [9.17, 15) is 9.90 Å². The van der Waals surface area contributed by atoms with Crippen molar-refractivity contribution >= 4 is 17.4 Å². The first-order valence-corrected chi connectivity index (χ1v) is 6.44. The van der Waals surface area contributed by atoms with Gasteiger partial charge in [-0.1, -0.05) is 29.4 Å². The highest BCUT2D eigenvalue weighted by molar-refractivity contribution is 6.13. The van der Waals surface area contributed by atoms with Crippen LogP contribution < -0.4 is 5.53 Å². The molecule has 0 fully saturated rings. The molecule has 0 spiro atoms. The van der Waals surface area contributed by atoms with Gasteiger partial charge in [0.15, 0.2) is 5.78 Å². The maximum atomic E-state index is 12.2. The van der Waals surface area contributed by atoms with Crippen molar-refractivity contribution in [3.05, 3.63) is 70.5 Å². The molecule has 1 radical (unpaired) electrons. The summed E-state index contributed by atoms with van der Waals surface area (Å²) in [5.41, 5.74) is 12.3. The van der Waals surface area contributed by atoms with Crippen molar-refractivity contribution in [3.63, 3.8) is 0 Å². The number of nitrogens with zero attached hydrogens (tertiary/aromatic N) is 2. The molecule has 1 atom stereocenters. The van der Waals surface area contributed by atoms with E-state index in [1.165, 1.54) is 6.08 Å². The molecule has 101 valence electrons. The zero-order chi connectivity index (χ0) is 14.6. The van der Waals surface area contributed by atoms with Gasteiger partial charge in [0.1, 0.15) is 0 Å². The number of allylic oxidation sites excluding steroid dienone is 5. The Morgan fingerprint density at radius 1 is 1.24 bits per heavy atom. The van der Waals surface area contributed by atoms with Crippen LogP contribution in [0.1, 0.15) is 11.1 Å². The average molecular weight is 277 g/mol. The number of aliphatic hydroxyl groups excluding tert-OH is 1. The third kappa shape index (κ3) is 1.48. The predicted octanol–water partition coefficient (Wildman–Crippen LogP) is 2.56. The second kappa shape index (κ2) is 4.02. The van der Waals surface area contributed by atoms with Gasteiger partial charge in [-0.3, -0.25) is 4.79 Å². The maximum Gasteiger partial charge on any atom is 0.288 e. The van der Waals surface area contributed by atoms with Crippen LogP contribution in [0.25, 0.3) is 11.6 Å². The molecule has 21 heavy (non-hydrogen) atoms. The van der Waals surface area contributed by atoms with Gasteiger partial charge in [-0.2, -0.15) is 0 Å². The molecule has 1 aliphatic heterocycles. The molecule has 1 aromatic rings. The van der Waals surface area contributed by atoms with Gasteiger partial charge in [0.2, 0.25) is 5.88 Å². The van der Waals surface area contributed by atoms with Gasteiger partial charge >= 0.3 is 0 Å². The second-order valence-electron chi connectivity index (χ2n) is 5.00. The van der Waals surface area contributed by atoms with E-state index in [1.807, 2.05) is 30.3 Å².